The van der Waals surface area contributed by atoms with Crippen LogP contribution in [0.25, 0.3) is 10.2 Å². The van der Waals surface area contributed by atoms with Gasteiger partial charge in [0.25, 0.3) is 5.91 Å². The molecule has 30 heavy (non-hydrogen) atoms. The highest BCUT2D eigenvalue weighted by molar-refractivity contribution is 7.22. The molecular formula is C22H25ClFN3O2S. The van der Waals surface area contributed by atoms with Gasteiger partial charge in [0.1, 0.15) is 11.3 Å². The van der Waals surface area contributed by atoms with E-state index in [4.69, 9.17) is 4.74 Å². The van der Waals surface area contributed by atoms with Crippen LogP contribution in [0.5, 0.6) is 0 Å². The average Bonchev–Trinajstić information content (AvgIpc) is 3.17. The molecule has 0 radical (unpaired) electrons. The van der Waals surface area contributed by atoms with Crippen molar-refractivity contribution in [3.05, 3.63) is 59.4 Å². The van der Waals surface area contributed by atoms with Crippen molar-refractivity contribution >= 4 is 45.0 Å². The summed E-state index contributed by atoms with van der Waals surface area (Å²) in [5.74, 6) is -0.462. The van der Waals surface area contributed by atoms with Gasteiger partial charge in [0.05, 0.1) is 17.9 Å². The Kier molecular flexibility index (Phi) is 7.77. The zero-order valence-electron chi connectivity index (χ0n) is 16.8. The zero-order chi connectivity index (χ0) is 20.2. The van der Waals surface area contributed by atoms with E-state index in [2.05, 4.69) is 9.88 Å². The normalized spacial score (nSPS) is 14.5. The number of hydrogen-bond donors (Lipinski definition) is 0. The number of rotatable bonds is 6. The van der Waals surface area contributed by atoms with Crippen LogP contribution in [0, 0.1) is 12.7 Å². The Labute approximate surface area is 185 Å². The van der Waals surface area contributed by atoms with E-state index < -0.39 is 0 Å². The average molecular weight is 450 g/mol. The lowest BCUT2D eigenvalue weighted by Crippen LogP contribution is -2.39. The number of para-hydroxylation sites is 1. The summed E-state index contributed by atoms with van der Waals surface area (Å²) in [5.41, 5.74) is 1.97. The van der Waals surface area contributed by atoms with Gasteiger partial charge in [-0.3, -0.25) is 14.6 Å². The molecule has 0 unspecified atom stereocenters. The first-order valence-electron chi connectivity index (χ1n) is 9.85. The lowest BCUT2D eigenvalue weighted by atomic mass is 10.1. The van der Waals surface area contributed by atoms with Crippen LogP contribution in [0.15, 0.2) is 42.5 Å². The molecule has 0 N–H and O–H groups in total. The number of nitrogens with zero attached hydrogens (tertiary/aromatic N) is 3. The van der Waals surface area contributed by atoms with Gasteiger partial charge in [-0.15, -0.1) is 12.4 Å². The van der Waals surface area contributed by atoms with Crippen LogP contribution in [0.1, 0.15) is 22.3 Å². The van der Waals surface area contributed by atoms with E-state index in [0.29, 0.717) is 22.8 Å². The minimum Gasteiger partial charge on any atom is -0.379 e. The fourth-order valence-corrected chi connectivity index (χ4v) is 4.52. The largest absolute Gasteiger partial charge is 0.379 e. The second-order valence-corrected chi connectivity index (χ2v) is 8.23. The van der Waals surface area contributed by atoms with Gasteiger partial charge in [0.15, 0.2) is 5.13 Å². The number of ether oxygens (including phenoxy) is 1. The van der Waals surface area contributed by atoms with E-state index in [9.17, 15) is 9.18 Å². The van der Waals surface area contributed by atoms with Crippen LogP contribution in [0.3, 0.4) is 0 Å². The second kappa shape index (κ2) is 10.3. The van der Waals surface area contributed by atoms with Gasteiger partial charge in [-0.05, 0) is 37.6 Å². The van der Waals surface area contributed by atoms with Gasteiger partial charge >= 0.3 is 0 Å². The predicted octanol–water partition coefficient (Wildman–Crippen LogP) is 4.53. The number of fused-ring (bicyclic) bond motifs is 1. The lowest BCUT2D eigenvalue weighted by molar-refractivity contribution is 0.0376. The second-order valence-electron chi connectivity index (χ2n) is 7.22. The maximum atomic E-state index is 14.2. The van der Waals surface area contributed by atoms with Crippen LogP contribution in [-0.2, 0) is 4.74 Å². The van der Waals surface area contributed by atoms with Crippen molar-refractivity contribution in [2.75, 3.05) is 44.3 Å². The van der Waals surface area contributed by atoms with E-state index in [-0.39, 0.29) is 24.1 Å². The summed E-state index contributed by atoms with van der Waals surface area (Å²) in [5, 5.41) is 0.540. The smallest absolute Gasteiger partial charge is 0.260 e. The third-order valence-electron chi connectivity index (χ3n) is 5.06. The molecule has 0 aliphatic carbocycles. The summed E-state index contributed by atoms with van der Waals surface area (Å²) in [4.78, 5) is 21.8. The molecule has 0 spiro atoms. The highest BCUT2D eigenvalue weighted by Gasteiger charge is 2.22. The van der Waals surface area contributed by atoms with Crippen LogP contribution in [0.2, 0.25) is 0 Å². The molecule has 1 aliphatic heterocycles. The number of aromatic nitrogens is 1. The van der Waals surface area contributed by atoms with Crippen LogP contribution in [0.4, 0.5) is 9.52 Å². The fourth-order valence-electron chi connectivity index (χ4n) is 3.51. The molecule has 8 heteroatoms. The van der Waals surface area contributed by atoms with E-state index >= 15 is 0 Å². The Bertz CT molecular complexity index is 1010. The van der Waals surface area contributed by atoms with E-state index in [0.717, 1.165) is 49.5 Å². The molecule has 1 saturated heterocycles. The zero-order valence-corrected chi connectivity index (χ0v) is 18.5. The summed E-state index contributed by atoms with van der Waals surface area (Å²) < 4.78 is 20.3. The highest BCUT2D eigenvalue weighted by Crippen LogP contribution is 2.31. The van der Waals surface area contributed by atoms with E-state index in [1.165, 1.54) is 17.4 Å². The minimum absolute atomic E-state index is 0. The SMILES string of the molecule is Cc1cccc(C(=O)N(CCCN2CCOCC2)c2nc3c(F)cccc3s2)c1.Cl. The number of amides is 1. The summed E-state index contributed by atoms with van der Waals surface area (Å²) in [6.45, 7) is 6.72. The van der Waals surface area contributed by atoms with Crippen molar-refractivity contribution < 1.29 is 13.9 Å². The molecule has 2 heterocycles. The predicted molar refractivity (Wildman–Crippen MR) is 122 cm³/mol. The molecular weight excluding hydrogens is 425 g/mol. The van der Waals surface area contributed by atoms with Crippen LogP contribution >= 0.6 is 23.7 Å². The standard InChI is InChI=1S/C22H24FN3O2S.ClH/c1-16-5-2-6-17(15-16)21(27)26(10-4-9-25-11-13-28-14-12-25)22-24-20-18(23)7-3-8-19(20)29-22;/h2-3,5-8,15H,4,9-14H2,1H3;1H. The topological polar surface area (TPSA) is 45.7 Å². The molecule has 1 fully saturated rings. The Hall–Kier alpha value is -2.06. The van der Waals surface area contributed by atoms with Crippen molar-refractivity contribution in [1.29, 1.82) is 0 Å². The molecule has 5 nitrogen and oxygen atoms in total. The Morgan fingerprint density at radius 2 is 2.00 bits per heavy atom. The molecule has 1 amide bonds. The lowest BCUT2D eigenvalue weighted by Gasteiger charge is -2.27. The monoisotopic (exact) mass is 449 g/mol. The summed E-state index contributed by atoms with van der Waals surface area (Å²) in [6.07, 6.45) is 0.815. The fraction of sp³-hybridized carbons (Fsp3) is 0.364. The van der Waals surface area contributed by atoms with Crippen molar-refractivity contribution in [2.45, 2.75) is 13.3 Å². The Balaban J connectivity index is 0.00000256. The number of morpholine rings is 1. The summed E-state index contributed by atoms with van der Waals surface area (Å²) >= 11 is 1.35. The maximum absolute atomic E-state index is 14.2. The van der Waals surface area contributed by atoms with E-state index in [1.807, 2.05) is 37.3 Å². The van der Waals surface area contributed by atoms with Crippen LogP contribution in [-0.4, -0.2) is 55.2 Å². The quantitative estimate of drug-likeness (QED) is 0.554. The van der Waals surface area contributed by atoms with Gasteiger partial charge in [-0.25, -0.2) is 9.37 Å². The van der Waals surface area contributed by atoms with Crippen molar-refractivity contribution in [1.82, 2.24) is 9.88 Å². The van der Waals surface area contributed by atoms with Gasteiger partial charge in [-0.1, -0.05) is 35.1 Å². The molecule has 4 rings (SSSR count). The first kappa shape index (κ1) is 22.6. The molecule has 3 aromatic rings. The van der Waals surface area contributed by atoms with Crippen molar-refractivity contribution in [3.8, 4) is 0 Å². The minimum atomic E-state index is -0.360. The maximum Gasteiger partial charge on any atom is 0.260 e. The van der Waals surface area contributed by atoms with Crippen molar-refractivity contribution in [3.63, 3.8) is 0 Å². The number of halogens is 2. The van der Waals surface area contributed by atoms with Gasteiger partial charge in [-0.2, -0.15) is 0 Å². The first-order valence-corrected chi connectivity index (χ1v) is 10.7. The summed E-state index contributed by atoms with van der Waals surface area (Å²) in [7, 11) is 0. The molecule has 1 aromatic heterocycles. The number of aryl methyl sites for hydroxylation is 1. The first-order chi connectivity index (χ1) is 14.1. The molecule has 1 aliphatic rings. The van der Waals surface area contributed by atoms with Gasteiger partial charge in [0, 0.05) is 31.7 Å². The molecule has 0 atom stereocenters. The number of carbonyl (C=O) groups is 1. The number of benzene rings is 2. The van der Waals surface area contributed by atoms with Gasteiger partial charge < -0.3 is 4.74 Å². The molecule has 0 saturated carbocycles. The number of thiazole rings is 1. The van der Waals surface area contributed by atoms with Crippen molar-refractivity contribution in [2.24, 2.45) is 0 Å². The third kappa shape index (κ3) is 5.16. The summed E-state index contributed by atoms with van der Waals surface area (Å²) in [6, 6.07) is 12.5. The van der Waals surface area contributed by atoms with E-state index in [1.54, 1.807) is 11.0 Å². The molecule has 0 bridgehead atoms. The van der Waals surface area contributed by atoms with Crippen LogP contribution < -0.4 is 4.90 Å². The van der Waals surface area contributed by atoms with Gasteiger partial charge in [0.2, 0.25) is 0 Å². The molecule has 2 aromatic carbocycles. The number of anilines is 1. The highest BCUT2D eigenvalue weighted by atomic mass is 35.5. The third-order valence-corrected chi connectivity index (χ3v) is 6.10. The molecule has 160 valence electrons. The Morgan fingerprint density at radius 3 is 2.73 bits per heavy atom. The number of hydrogen-bond acceptors (Lipinski definition) is 5. The number of carbonyl (C=O) groups excluding carboxylic acids is 1. The Morgan fingerprint density at radius 1 is 1.23 bits per heavy atom.